The van der Waals surface area contributed by atoms with Crippen LogP contribution in [0.2, 0.25) is 0 Å². The van der Waals surface area contributed by atoms with Crippen molar-refractivity contribution in [3.63, 3.8) is 0 Å². The predicted octanol–water partition coefficient (Wildman–Crippen LogP) is 4.41. The normalized spacial score (nSPS) is 47.9. The first-order valence-corrected chi connectivity index (χ1v) is 11.8. The van der Waals surface area contributed by atoms with Crippen molar-refractivity contribution in [3.8, 4) is 0 Å². The van der Waals surface area contributed by atoms with Crippen LogP contribution in [0.15, 0.2) is 0 Å². The fraction of sp³-hybridized carbons (Fsp3) is 0.917. The number of aliphatic hydroxyl groups excluding tert-OH is 1. The molecule has 0 amide bonds. The highest BCUT2D eigenvalue weighted by Gasteiger charge is 2.61. The number of ether oxygens (including phenoxy) is 1. The van der Waals surface area contributed by atoms with E-state index in [0.29, 0.717) is 36.5 Å². The molecule has 0 aromatic rings. The van der Waals surface area contributed by atoms with E-state index in [1.807, 2.05) is 0 Å². The third kappa shape index (κ3) is 3.51. The number of carbonyl (C=O) groups excluding carboxylic acids is 1. The van der Waals surface area contributed by atoms with Crippen LogP contribution in [0.4, 0.5) is 0 Å². The van der Waals surface area contributed by atoms with Crippen molar-refractivity contribution >= 4 is 11.9 Å². The Morgan fingerprint density at radius 1 is 1.17 bits per heavy atom. The molecule has 2 N–H and O–H groups in total. The van der Waals surface area contributed by atoms with Gasteiger partial charge in [0.25, 0.3) is 0 Å². The largest absolute Gasteiger partial charge is 0.481 e. The molecule has 1 aliphatic heterocycles. The Morgan fingerprint density at radius 3 is 2.66 bits per heavy atom. The summed E-state index contributed by atoms with van der Waals surface area (Å²) in [4.78, 5) is 24.1. The van der Waals surface area contributed by atoms with Gasteiger partial charge in [0.2, 0.25) is 0 Å². The zero-order chi connectivity index (χ0) is 21.0. The highest BCUT2D eigenvalue weighted by molar-refractivity contribution is 5.71. The van der Waals surface area contributed by atoms with Crippen molar-refractivity contribution in [1.82, 2.24) is 0 Å². The van der Waals surface area contributed by atoms with E-state index in [2.05, 4.69) is 20.8 Å². The van der Waals surface area contributed by atoms with E-state index >= 15 is 0 Å². The maximum absolute atomic E-state index is 13.0. The molecule has 4 fully saturated rings. The second kappa shape index (κ2) is 7.55. The molecule has 29 heavy (non-hydrogen) atoms. The molecule has 0 radical (unpaired) electrons. The lowest BCUT2D eigenvalue weighted by Gasteiger charge is -2.55. The lowest BCUT2D eigenvalue weighted by atomic mass is 9.49. The van der Waals surface area contributed by atoms with Crippen LogP contribution in [0, 0.1) is 40.9 Å². The standard InChI is InChI=1S/C24H38O5/c1-14(4-9-21(26)27)18-7-8-19-17-6-5-15-12-16(25)10-11-23(15,2)20(17)13-22(28)29-24(18,19)3/h14-20,25H,4-13H2,1-3H3,(H,26,27)/t14-,15-,16-,17+,18?,19+,20?,23+,24-/m1/s1. The van der Waals surface area contributed by atoms with Gasteiger partial charge in [-0.15, -0.1) is 0 Å². The van der Waals surface area contributed by atoms with E-state index in [1.54, 1.807) is 0 Å². The lowest BCUT2D eigenvalue weighted by Crippen LogP contribution is -2.51. The van der Waals surface area contributed by atoms with Gasteiger partial charge >= 0.3 is 11.9 Å². The molecule has 0 aromatic heterocycles. The van der Waals surface area contributed by atoms with E-state index in [1.165, 1.54) is 0 Å². The van der Waals surface area contributed by atoms with E-state index < -0.39 is 11.6 Å². The molecule has 4 rings (SSSR count). The predicted molar refractivity (Wildman–Crippen MR) is 109 cm³/mol. The van der Waals surface area contributed by atoms with Crippen LogP contribution in [0.25, 0.3) is 0 Å². The van der Waals surface area contributed by atoms with E-state index in [9.17, 15) is 14.7 Å². The van der Waals surface area contributed by atoms with Gasteiger partial charge in [-0.3, -0.25) is 9.59 Å². The summed E-state index contributed by atoms with van der Waals surface area (Å²) in [7, 11) is 0. The number of carbonyl (C=O) groups is 2. The van der Waals surface area contributed by atoms with Gasteiger partial charge < -0.3 is 14.9 Å². The van der Waals surface area contributed by atoms with Gasteiger partial charge in [0.1, 0.15) is 5.60 Å². The smallest absolute Gasteiger partial charge is 0.306 e. The Bertz CT molecular complexity index is 662. The molecule has 2 unspecified atom stereocenters. The minimum atomic E-state index is -0.750. The number of carboxylic acid groups (broad SMARTS) is 1. The lowest BCUT2D eigenvalue weighted by molar-refractivity contribution is -0.167. The van der Waals surface area contributed by atoms with Gasteiger partial charge in [-0.2, -0.15) is 0 Å². The van der Waals surface area contributed by atoms with Crippen molar-refractivity contribution in [2.24, 2.45) is 40.9 Å². The number of aliphatic carboxylic acids is 1. The summed E-state index contributed by atoms with van der Waals surface area (Å²) < 4.78 is 6.27. The van der Waals surface area contributed by atoms with E-state index in [-0.39, 0.29) is 35.7 Å². The number of aliphatic hydroxyl groups is 1. The van der Waals surface area contributed by atoms with Crippen LogP contribution in [-0.2, 0) is 14.3 Å². The second-order valence-electron chi connectivity index (χ2n) is 11.0. The molecule has 5 heteroatoms. The maximum Gasteiger partial charge on any atom is 0.306 e. The average Bonchev–Trinajstić information content (AvgIpc) is 2.92. The van der Waals surface area contributed by atoms with Crippen LogP contribution in [0.5, 0.6) is 0 Å². The van der Waals surface area contributed by atoms with Gasteiger partial charge in [0, 0.05) is 24.7 Å². The number of hydrogen-bond acceptors (Lipinski definition) is 4. The molecule has 1 saturated heterocycles. The van der Waals surface area contributed by atoms with Crippen LogP contribution in [0.3, 0.4) is 0 Å². The molecule has 5 nitrogen and oxygen atoms in total. The summed E-state index contributed by atoms with van der Waals surface area (Å²) in [5, 5.41) is 19.3. The Kier molecular flexibility index (Phi) is 5.50. The molecule has 4 aliphatic rings. The highest BCUT2D eigenvalue weighted by Crippen LogP contribution is 2.63. The minimum absolute atomic E-state index is 0.0599. The van der Waals surface area contributed by atoms with Crippen LogP contribution >= 0.6 is 0 Å². The van der Waals surface area contributed by atoms with E-state index in [0.717, 1.165) is 44.9 Å². The molecule has 0 bridgehead atoms. The van der Waals surface area contributed by atoms with Gasteiger partial charge in [-0.25, -0.2) is 0 Å². The molecular weight excluding hydrogens is 368 g/mol. The summed E-state index contributed by atoms with van der Waals surface area (Å²) in [6, 6.07) is 0. The van der Waals surface area contributed by atoms with Crippen LogP contribution in [0.1, 0.15) is 85.0 Å². The number of hydrogen-bond donors (Lipinski definition) is 2. The summed E-state index contributed by atoms with van der Waals surface area (Å²) in [5.74, 6) is 1.41. The molecule has 0 aromatic carbocycles. The fourth-order valence-electron chi connectivity index (χ4n) is 8.15. The number of fused-ring (bicyclic) bond motifs is 5. The second-order valence-corrected chi connectivity index (χ2v) is 11.0. The third-order valence-electron chi connectivity index (χ3n) is 9.72. The SMILES string of the molecule is C[C@H](CCC(=O)O)C1CC[C@H]2[C@@H]3CC[C@@H]4C[C@H](O)CC[C@]4(C)C3CC(=O)O[C@]12C. The Balaban J connectivity index is 1.60. The van der Waals surface area contributed by atoms with Crippen LogP contribution < -0.4 is 0 Å². The van der Waals surface area contributed by atoms with Crippen molar-refractivity contribution in [3.05, 3.63) is 0 Å². The first-order chi connectivity index (χ1) is 13.6. The van der Waals surface area contributed by atoms with Gasteiger partial charge in [0.15, 0.2) is 0 Å². The van der Waals surface area contributed by atoms with Gasteiger partial charge in [-0.05, 0) is 87.4 Å². The van der Waals surface area contributed by atoms with E-state index in [4.69, 9.17) is 9.84 Å². The van der Waals surface area contributed by atoms with Crippen molar-refractivity contribution in [2.75, 3.05) is 0 Å². The van der Waals surface area contributed by atoms with Crippen molar-refractivity contribution < 1.29 is 24.5 Å². The Hall–Kier alpha value is -1.10. The van der Waals surface area contributed by atoms with Gasteiger partial charge in [-0.1, -0.05) is 13.8 Å². The molecule has 1 heterocycles. The first-order valence-electron chi connectivity index (χ1n) is 11.8. The number of rotatable bonds is 4. The summed E-state index contributed by atoms with van der Waals surface area (Å²) in [6.45, 7) is 6.66. The highest BCUT2D eigenvalue weighted by atomic mass is 16.6. The van der Waals surface area contributed by atoms with Crippen molar-refractivity contribution in [1.29, 1.82) is 0 Å². The first kappa shape index (κ1) is 21.1. The minimum Gasteiger partial charge on any atom is -0.481 e. The van der Waals surface area contributed by atoms with Crippen LogP contribution in [-0.4, -0.2) is 33.9 Å². The maximum atomic E-state index is 13.0. The molecular formula is C24H38O5. The summed E-state index contributed by atoms with van der Waals surface area (Å²) in [6.07, 6.45) is 8.27. The zero-order valence-corrected chi connectivity index (χ0v) is 18.2. The number of esters is 1. The average molecular weight is 407 g/mol. The molecule has 9 atom stereocenters. The zero-order valence-electron chi connectivity index (χ0n) is 18.2. The van der Waals surface area contributed by atoms with Gasteiger partial charge in [0.05, 0.1) is 6.10 Å². The Morgan fingerprint density at radius 2 is 1.93 bits per heavy atom. The molecule has 0 spiro atoms. The molecule has 3 aliphatic carbocycles. The quantitative estimate of drug-likeness (QED) is 0.676. The monoisotopic (exact) mass is 406 g/mol. The third-order valence-corrected chi connectivity index (χ3v) is 9.72. The van der Waals surface area contributed by atoms with Crippen molar-refractivity contribution in [2.45, 2.75) is 96.7 Å². The molecule has 3 saturated carbocycles. The summed E-state index contributed by atoms with van der Waals surface area (Å²) in [5.41, 5.74) is -0.342. The fourth-order valence-corrected chi connectivity index (χ4v) is 8.15. The number of carboxylic acids is 1. The topological polar surface area (TPSA) is 83.8 Å². The summed E-state index contributed by atoms with van der Waals surface area (Å²) >= 11 is 0. The molecule has 164 valence electrons. The Labute approximate surface area is 174 Å².